The molecule has 4 bridgehead atoms. The molecule has 5 rings (SSSR count). The van der Waals surface area contributed by atoms with Crippen LogP contribution < -0.4 is 0 Å². The summed E-state index contributed by atoms with van der Waals surface area (Å²) in [6.45, 7) is 7.38. The van der Waals surface area contributed by atoms with Gasteiger partial charge in [0.1, 0.15) is 0 Å². The van der Waals surface area contributed by atoms with Crippen molar-refractivity contribution in [1.29, 1.82) is 0 Å². The molecule has 0 aromatic carbocycles. The van der Waals surface area contributed by atoms with Gasteiger partial charge in [0.15, 0.2) is 0 Å². The zero-order valence-corrected chi connectivity index (χ0v) is 15.5. The molecule has 0 aliphatic heterocycles. The van der Waals surface area contributed by atoms with Gasteiger partial charge >= 0.3 is 5.97 Å². The molecule has 0 spiro atoms. The average Bonchev–Trinajstić information content (AvgIpc) is 2.84. The van der Waals surface area contributed by atoms with E-state index < -0.39 is 0 Å². The van der Waals surface area contributed by atoms with Crippen molar-refractivity contribution in [3.63, 3.8) is 0 Å². The molecule has 2 atom stereocenters. The quantitative estimate of drug-likeness (QED) is 0.657. The molecule has 0 saturated heterocycles. The highest BCUT2D eigenvalue weighted by Crippen LogP contribution is 2.71. The fourth-order valence-electron chi connectivity index (χ4n) is 6.50. The van der Waals surface area contributed by atoms with Crippen LogP contribution >= 0.6 is 19.5 Å². The zero-order chi connectivity index (χ0) is 15.6. The van der Waals surface area contributed by atoms with E-state index in [0.717, 1.165) is 19.4 Å². The Bertz CT molecular complexity index is 604. The largest absolute Gasteiger partial charge is 0.462 e. The van der Waals surface area contributed by atoms with E-state index in [4.69, 9.17) is 4.74 Å². The number of carbonyl (C=O) groups excluding carboxylic acids is 1. The molecule has 4 heteroatoms. The Balaban J connectivity index is 1.69. The van der Waals surface area contributed by atoms with Crippen molar-refractivity contribution in [3.8, 4) is 0 Å². The van der Waals surface area contributed by atoms with Crippen LogP contribution in [-0.4, -0.2) is 12.6 Å². The molecule has 4 aliphatic carbocycles. The Hall–Kier alpha value is -0.400. The maximum Gasteiger partial charge on any atom is 0.343 e. The van der Waals surface area contributed by atoms with Crippen LogP contribution in [0.15, 0.2) is 5.38 Å². The highest BCUT2D eigenvalue weighted by atomic mass is 32.1. The first-order chi connectivity index (χ1) is 10.4. The topological polar surface area (TPSA) is 26.3 Å². The fourth-order valence-corrected chi connectivity index (χ4v) is 9.19. The Labute approximate surface area is 138 Å². The third kappa shape index (κ3) is 2.27. The first kappa shape index (κ1) is 15.1. The Kier molecular flexibility index (Phi) is 3.31. The van der Waals surface area contributed by atoms with Gasteiger partial charge in [-0.3, -0.25) is 0 Å². The highest BCUT2D eigenvalue weighted by molar-refractivity contribution is 7.43. The van der Waals surface area contributed by atoms with Gasteiger partial charge in [-0.2, -0.15) is 0 Å². The summed E-state index contributed by atoms with van der Waals surface area (Å²) in [5.41, 5.74) is 1.44. The van der Waals surface area contributed by atoms with E-state index in [-0.39, 0.29) is 5.97 Å². The standard InChI is InChI=1S/C18H25O2PS/c1-4-20-14(19)13-8-22-15(21-13)18-7-12-5-16(2,10-18)9-17(3,6-12)11-18/h8,12H,4-7,9-11H2,1-3H3. The van der Waals surface area contributed by atoms with E-state index in [1.165, 1.54) is 43.1 Å². The lowest BCUT2D eigenvalue weighted by atomic mass is 9.41. The van der Waals surface area contributed by atoms with E-state index in [2.05, 4.69) is 19.2 Å². The SMILES string of the molecule is CCOC(=O)c1csc(C23CC4CC(C)(CC(C)(C4)C2)C3)p1. The van der Waals surface area contributed by atoms with Crippen LogP contribution in [0.3, 0.4) is 0 Å². The van der Waals surface area contributed by atoms with Crippen molar-refractivity contribution in [1.82, 2.24) is 0 Å². The molecule has 2 nitrogen and oxygen atoms in total. The summed E-state index contributed by atoms with van der Waals surface area (Å²) < 4.78 is 6.73. The van der Waals surface area contributed by atoms with E-state index in [0.29, 0.717) is 22.9 Å². The molecule has 0 amide bonds. The van der Waals surface area contributed by atoms with Gasteiger partial charge in [-0.1, -0.05) is 13.8 Å². The molecule has 1 aromatic heterocycles. The summed E-state index contributed by atoms with van der Waals surface area (Å²) in [6.07, 6.45) is 8.30. The van der Waals surface area contributed by atoms with Crippen molar-refractivity contribution >= 4 is 25.5 Å². The van der Waals surface area contributed by atoms with Gasteiger partial charge < -0.3 is 4.74 Å². The van der Waals surface area contributed by atoms with Crippen molar-refractivity contribution in [2.24, 2.45) is 16.7 Å². The molecule has 0 N–H and O–H groups in total. The van der Waals surface area contributed by atoms with Crippen LogP contribution in [0.2, 0.25) is 0 Å². The summed E-state index contributed by atoms with van der Waals surface area (Å²) in [6, 6.07) is 0. The van der Waals surface area contributed by atoms with Gasteiger partial charge in [0.05, 0.1) is 11.9 Å². The second kappa shape index (κ2) is 4.80. The van der Waals surface area contributed by atoms with Crippen molar-refractivity contribution in [2.75, 3.05) is 6.61 Å². The monoisotopic (exact) mass is 336 g/mol. The summed E-state index contributed by atoms with van der Waals surface area (Å²) in [7, 11) is 1.14. The summed E-state index contributed by atoms with van der Waals surface area (Å²) in [4.78, 5) is 12.0. The third-order valence-corrected chi connectivity index (χ3v) is 9.07. The number of ether oxygens (including phenoxy) is 1. The number of esters is 1. The molecule has 4 fully saturated rings. The van der Waals surface area contributed by atoms with E-state index in [1.54, 1.807) is 0 Å². The molecule has 22 heavy (non-hydrogen) atoms. The second-order valence-corrected chi connectivity index (χ2v) is 11.0. The van der Waals surface area contributed by atoms with Crippen LogP contribution in [0, 0.1) is 16.7 Å². The molecular weight excluding hydrogens is 311 g/mol. The first-order valence-corrected chi connectivity index (χ1v) is 10.3. The molecule has 1 heterocycles. The van der Waals surface area contributed by atoms with Crippen LogP contribution in [0.1, 0.15) is 74.0 Å². The van der Waals surface area contributed by atoms with Crippen molar-refractivity contribution < 1.29 is 9.53 Å². The average molecular weight is 336 g/mol. The van der Waals surface area contributed by atoms with E-state index in [9.17, 15) is 4.79 Å². The minimum absolute atomic E-state index is 0.117. The maximum atomic E-state index is 12.0. The predicted octanol–water partition coefficient (Wildman–Crippen LogP) is 5.75. The molecule has 120 valence electrons. The summed E-state index contributed by atoms with van der Waals surface area (Å²) in [5.74, 6) is 0.787. The van der Waals surface area contributed by atoms with Gasteiger partial charge in [0.25, 0.3) is 0 Å². The van der Waals surface area contributed by atoms with Crippen molar-refractivity contribution in [2.45, 2.75) is 64.7 Å². The van der Waals surface area contributed by atoms with E-state index >= 15 is 0 Å². The molecule has 1 aromatic rings. The molecule has 2 unspecified atom stereocenters. The van der Waals surface area contributed by atoms with Crippen LogP contribution in [0.5, 0.6) is 0 Å². The van der Waals surface area contributed by atoms with Crippen LogP contribution in [0.4, 0.5) is 0 Å². The van der Waals surface area contributed by atoms with Crippen LogP contribution in [0.25, 0.3) is 0 Å². The minimum Gasteiger partial charge on any atom is -0.462 e. The Morgan fingerprint density at radius 3 is 2.55 bits per heavy atom. The van der Waals surface area contributed by atoms with Gasteiger partial charge in [0, 0.05) is 15.4 Å². The minimum atomic E-state index is -0.117. The number of carbonyl (C=O) groups is 1. The zero-order valence-electron chi connectivity index (χ0n) is 13.8. The molecular formula is C18H25O2PS. The lowest BCUT2D eigenvalue weighted by molar-refractivity contribution is -0.107. The number of hydrogen-bond donors (Lipinski definition) is 0. The summed E-state index contributed by atoms with van der Waals surface area (Å²) in [5, 5.41) is 2.91. The lowest BCUT2D eigenvalue weighted by Gasteiger charge is -2.65. The maximum absolute atomic E-state index is 12.0. The Morgan fingerprint density at radius 1 is 1.27 bits per heavy atom. The third-order valence-electron chi connectivity index (χ3n) is 6.07. The van der Waals surface area contributed by atoms with Gasteiger partial charge in [-0.25, -0.2) is 4.79 Å². The van der Waals surface area contributed by atoms with Gasteiger partial charge in [-0.05, 0) is 70.4 Å². The van der Waals surface area contributed by atoms with Gasteiger partial charge in [-0.15, -0.1) is 11.3 Å². The van der Waals surface area contributed by atoms with Crippen LogP contribution in [-0.2, 0) is 10.2 Å². The second-order valence-electron chi connectivity index (χ2n) is 8.67. The first-order valence-electron chi connectivity index (χ1n) is 8.49. The molecule has 4 saturated carbocycles. The molecule has 4 aliphatic rings. The number of hydrogen-bond acceptors (Lipinski definition) is 3. The number of rotatable bonds is 3. The normalized spacial score (nSPS) is 43.0. The predicted molar refractivity (Wildman–Crippen MR) is 91.9 cm³/mol. The molecule has 0 radical (unpaired) electrons. The lowest BCUT2D eigenvalue weighted by Crippen LogP contribution is -2.56. The smallest absolute Gasteiger partial charge is 0.343 e. The fraction of sp³-hybridized carbons (Fsp3) is 0.778. The van der Waals surface area contributed by atoms with E-state index in [1.807, 2.05) is 18.3 Å². The summed E-state index contributed by atoms with van der Waals surface area (Å²) >= 11 is 1.83. The Morgan fingerprint density at radius 2 is 1.95 bits per heavy atom. The van der Waals surface area contributed by atoms with Gasteiger partial charge in [0.2, 0.25) is 0 Å². The van der Waals surface area contributed by atoms with Crippen molar-refractivity contribution in [3.05, 3.63) is 15.3 Å². The highest BCUT2D eigenvalue weighted by Gasteiger charge is 2.61.